The van der Waals surface area contributed by atoms with Crippen molar-refractivity contribution in [1.29, 1.82) is 0 Å². The van der Waals surface area contributed by atoms with Crippen LogP contribution in [0.25, 0.3) is 21.8 Å². The highest BCUT2D eigenvalue weighted by molar-refractivity contribution is 7.13. The van der Waals surface area contributed by atoms with Crippen molar-refractivity contribution in [1.82, 2.24) is 19.9 Å². The number of thiazole rings is 1. The smallest absolute Gasteiger partial charge is 0.339 e. The number of nitrogens with one attached hydrogen (secondary N) is 1. The number of H-pyrrole nitrogens is 1. The van der Waals surface area contributed by atoms with Crippen LogP contribution in [0.1, 0.15) is 35.8 Å². The molecule has 7 nitrogen and oxygen atoms in total. The molecule has 156 valence electrons. The molecule has 1 N–H and O–H groups in total. The first-order chi connectivity index (χ1) is 14.7. The molecule has 4 rings (SSSR count). The summed E-state index contributed by atoms with van der Waals surface area (Å²) in [6.45, 7) is 4.99. The molecule has 0 aliphatic carbocycles. The third-order valence-corrected chi connectivity index (χ3v) is 6.09. The van der Waals surface area contributed by atoms with Crippen LogP contribution in [0.2, 0.25) is 0 Å². The zero-order valence-electron chi connectivity index (χ0n) is 16.9. The predicted molar refractivity (Wildman–Crippen MR) is 117 cm³/mol. The van der Waals surface area contributed by atoms with Crippen LogP contribution in [0.4, 0.5) is 0 Å². The number of esters is 1. The van der Waals surface area contributed by atoms with E-state index in [0.717, 1.165) is 30.2 Å². The minimum absolute atomic E-state index is 0.244. The van der Waals surface area contributed by atoms with Gasteiger partial charge in [-0.05, 0) is 51.1 Å². The quantitative estimate of drug-likeness (QED) is 0.585. The Morgan fingerprint density at radius 1 is 1.27 bits per heavy atom. The van der Waals surface area contributed by atoms with Gasteiger partial charge in [0.2, 0.25) is 0 Å². The lowest BCUT2D eigenvalue weighted by Crippen LogP contribution is -2.25. The standard InChI is InChI=1S/C22H24N4O3S/c1-2-29-22(28)17-13-16(19-14-30-21(25-19)15-5-8-23-9-6-15)20(27)24-18(17)7-12-26-10-3-4-11-26/h5-6,8-9,13-14H,2-4,7,10-12H2,1H3,(H,24,27). The molecule has 1 aliphatic rings. The van der Waals surface area contributed by atoms with E-state index in [1.54, 1.807) is 25.4 Å². The van der Waals surface area contributed by atoms with E-state index in [4.69, 9.17) is 4.74 Å². The minimum Gasteiger partial charge on any atom is -0.462 e. The Hall–Kier alpha value is -2.84. The number of nitrogens with zero attached hydrogens (tertiary/aromatic N) is 3. The Bertz CT molecular complexity index is 1070. The lowest BCUT2D eigenvalue weighted by atomic mass is 10.1. The maximum atomic E-state index is 12.8. The van der Waals surface area contributed by atoms with E-state index in [9.17, 15) is 9.59 Å². The fourth-order valence-corrected chi connectivity index (χ4v) is 4.47. The highest BCUT2D eigenvalue weighted by Gasteiger charge is 2.20. The topological polar surface area (TPSA) is 88.2 Å². The number of carbonyl (C=O) groups excluding carboxylic acids is 1. The van der Waals surface area contributed by atoms with Crippen molar-refractivity contribution in [3.8, 4) is 21.8 Å². The summed E-state index contributed by atoms with van der Waals surface area (Å²) in [6, 6.07) is 5.37. The summed E-state index contributed by atoms with van der Waals surface area (Å²) in [5.74, 6) is -0.420. The van der Waals surface area contributed by atoms with Crippen molar-refractivity contribution < 1.29 is 9.53 Å². The van der Waals surface area contributed by atoms with E-state index < -0.39 is 5.97 Å². The molecule has 0 unspecified atom stereocenters. The molecule has 0 amide bonds. The fraction of sp³-hybridized carbons (Fsp3) is 0.364. The Morgan fingerprint density at radius 3 is 2.77 bits per heavy atom. The molecule has 3 aromatic heterocycles. The molecular weight excluding hydrogens is 400 g/mol. The van der Waals surface area contributed by atoms with Gasteiger partial charge in [-0.3, -0.25) is 9.78 Å². The van der Waals surface area contributed by atoms with Crippen LogP contribution in [-0.4, -0.2) is 52.1 Å². The van der Waals surface area contributed by atoms with Gasteiger partial charge in [-0.25, -0.2) is 9.78 Å². The molecule has 30 heavy (non-hydrogen) atoms. The highest BCUT2D eigenvalue weighted by Crippen LogP contribution is 2.28. The average Bonchev–Trinajstić information content (AvgIpc) is 3.45. The van der Waals surface area contributed by atoms with Crippen molar-refractivity contribution >= 4 is 17.3 Å². The van der Waals surface area contributed by atoms with Gasteiger partial charge in [0, 0.05) is 42.0 Å². The molecule has 0 bridgehead atoms. The Kier molecular flexibility index (Phi) is 6.35. The van der Waals surface area contributed by atoms with Gasteiger partial charge in [-0.1, -0.05) is 0 Å². The maximum Gasteiger partial charge on any atom is 0.339 e. The molecule has 0 radical (unpaired) electrons. The monoisotopic (exact) mass is 424 g/mol. The normalized spacial score (nSPS) is 14.2. The van der Waals surface area contributed by atoms with Gasteiger partial charge in [-0.2, -0.15) is 0 Å². The first-order valence-corrected chi connectivity index (χ1v) is 11.1. The minimum atomic E-state index is -0.420. The third kappa shape index (κ3) is 4.49. The molecule has 3 aromatic rings. The average molecular weight is 425 g/mol. The Balaban J connectivity index is 1.66. The molecule has 8 heteroatoms. The van der Waals surface area contributed by atoms with Crippen LogP contribution in [0.15, 0.2) is 40.8 Å². The van der Waals surface area contributed by atoms with Gasteiger partial charge in [0.1, 0.15) is 5.01 Å². The van der Waals surface area contributed by atoms with E-state index in [1.165, 1.54) is 24.2 Å². The summed E-state index contributed by atoms with van der Waals surface area (Å²) < 4.78 is 5.25. The molecule has 0 atom stereocenters. The fourth-order valence-electron chi connectivity index (χ4n) is 3.65. The van der Waals surface area contributed by atoms with Crippen molar-refractivity contribution in [3.63, 3.8) is 0 Å². The molecule has 4 heterocycles. The molecule has 0 saturated carbocycles. The third-order valence-electron chi connectivity index (χ3n) is 5.20. The molecule has 1 aliphatic heterocycles. The van der Waals surface area contributed by atoms with Crippen LogP contribution in [0.5, 0.6) is 0 Å². The number of hydrogen-bond donors (Lipinski definition) is 1. The predicted octanol–water partition coefficient (Wildman–Crippen LogP) is 3.38. The van der Waals surface area contributed by atoms with E-state index >= 15 is 0 Å². The second kappa shape index (κ2) is 9.32. The number of pyridine rings is 2. The number of aromatic amines is 1. The van der Waals surface area contributed by atoms with Crippen molar-refractivity contribution in [2.24, 2.45) is 0 Å². The van der Waals surface area contributed by atoms with Gasteiger partial charge in [0.05, 0.1) is 23.4 Å². The van der Waals surface area contributed by atoms with Crippen LogP contribution >= 0.6 is 11.3 Å². The first-order valence-electron chi connectivity index (χ1n) is 10.2. The van der Waals surface area contributed by atoms with E-state index in [1.807, 2.05) is 17.5 Å². The van der Waals surface area contributed by atoms with E-state index in [-0.39, 0.29) is 12.2 Å². The van der Waals surface area contributed by atoms with Crippen molar-refractivity contribution in [3.05, 3.63) is 57.6 Å². The van der Waals surface area contributed by atoms with Crippen LogP contribution in [0.3, 0.4) is 0 Å². The molecule has 0 aromatic carbocycles. The molecular formula is C22H24N4O3S. The van der Waals surface area contributed by atoms with Crippen molar-refractivity contribution in [2.75, 3.05) is 26.2 Å². The lowest BCUT2D eigenvalue weighted by Gasteiger charge is -2.16. The number of aromatic nitrogens is 3. The second-order valence-electron chi connectivity index (χ2n) is 7.20. The lowest BCUT2D eigenvalue weighted by molar-refractivity contribution is 0.0524. The number of rotatable bonds is 7. The number of hydrogen-bond acceptors (Lipinski definition) is 7. The summed E-state index contributed by atoms with van der Waals surface area (Å²) in [6.07, 6.45) is 6.41. The molecule has 0 spiro atoms. The Morgan fingerprint density at radius 2 is 2.03 bits per heavy atom. The van der Waals surface area contributed by atoms with Crippen LogP contribution in [-0.2, 0) is 11.2 Å². The van der Waals surface area contributed by atoms with Crippen molar-refractivity contribution in [2.45, 2.75) is 26.2 Å². The second-order valence-corrected chi connectivity index (χ2v) is 8.06. The molecule has 1 fully saturated rings. The number of ether oxygens (including phenoxy) is 1. The Labute approximate surface area is 178 Å². The van der Waals surface area contributed by atoms with Gasteiger partial charge in [-0.15, -0.1) is 11.3 Å². The van der Waals surface area contributed by atoms with E-state index in [0.29, 0.717) is 28.9 Å². The summed E-state index contributed by atoms with van der Waals surface area (Å²) in [5.41, 5.74) is 2.64. The van der Waals surface area contributed by atoms with Gasteiger partial charge in [0.25, 0.3) is 5.56 Å². The summed E-state index contributed by atoms with van der Waals surface area (Å²) in [7, 11) is 0. The number of carbonyl (C=O) groups is 1. The van der Waals surface area contributed by atoms with Gasteiger partial charge < -0.3 is 14.6 Å². The zero-order chi connectivity index (χ0) is 20.9. The van der Waals surface area contributed by atoms with Crippen LogP contribution in [0, 0.1) is 0 Å². The summed E-state index contributed by atoms with van der Waals surface area (Å²) >= 11 is 1.45. The largest absolute Gasteiger partial charge is 0.462 e. The van der Waals surface area contributed by atoms with Gasteiger partial charge in [0.15, 0.2) is 0 Å². The van der Waals surface area contributed by atoms with Gasteiger partial charge >= 0.3 is 5.97 Å². The zero-order valence-corrected chi connectivity index (χ0v) is 17.7. The summed E-state index contributed by atoms with van der Waals surface area (Å²) in [4.78, 5) is 39.4. The van der Waals surface area contributed by atoms with E-state index in [2.05, 4.69) is 19.9 Å². The first kappa shape index (κ1) is 20.4. The van der Waals surface area contributed by atoms with Crippen LogP contribution < -0.4 is 5.56 Å². The maximum absolute atomic E-state index is 12.8. The number of likely N-dealkylation sites (tertiary alicyclic amines) is 1. The summed E-state index contributed by atoms with van der Waals surface area (Å²) in [5, 5.41) is 2.63. The SMILES string of the molecule is CCOC(=O)c1cc(-c2csc(-c3ccncc3)n2)c(=O)[nH]c1CCN1CCCC1. The highest BCUT2D eigenvalue weighted by atomic mass is 32.1. The molecule has 1 saturated heterocycles.